The van der Waals surface area contributed by atoms with Gasteiger partial charge in [0.15, 0.2) is 0 Å². The van der Waals surface area contributed by atoms with Crippen LogP contribution in [0.4, 0.5) is 4.79 Å². The molecule has 0 aromatic heterocycles. The topological polar surface area (TPSA) is 75.6 Å². The van der Waals surface area contributed by atoms with Crippen LogP contribution in [-0.2, 0) is 14.9 Å². The van der Waals surface area contributed by atoms with Crippen molar-refractivity contribution in [1.82, 2.24) is 5.32 Å². The molecule has 1 aliphatic rings. The van der Waals surface area contributed by atoms with Gasteiger partial charge in [0.2, 0.25) is 0 Å². The predicted octanol–water partition coefficient (Wildman–Crippen LogP) is 3.33. The number of carboxylic acids is 1. The van der Waals surface area contributed by atoms with Gasteiger partial charge in [0.25, 0.3) is 0 Å². The van der Waals surface area contributed by atoms with Gasteiger partial charge in [-0.3, -0.25) is 4.79 Å². The number of nitrogens with one attached hydrogen (secondary N) is 1. The summed E-state index contributed by atoms with van der Waals surface area (Å²) < 4.78 is 5.23. The lowest BCUT2D eigenvalue weighted by Gasteiger charge is -2.31. The Balaban J connectivity index is 2.19. The Morgan fingerprint density at radius 1 is 1.22 bits per heavy atom. The second kappa shape index (κ2) is 6.60. The summed E-state index contributed by atoms with van der Waals surface area (Å²) in [6.45, 7) is 5.35. The molecule has 1 unspecified atom stereocenters. The molecule has 1 aliphatic carbocycles. The predicted molar refractivity (Wildman–Crippen MR) is 87.3 cm³/mol. The van der Waals surface area contributed by atoms with Crippen molar-refractivity contribution in [3.63, 3.8) is 0 Å². The number of benzene rings is 1. The molecular weight excluding hydrogens is 294 g/mol. The number of carbonyl (C=O) groups excluding carboxylic acids is 1. The summed E-state index contributed by atoms with van der Waals surface area (Å²) in [6, 6.07) is 9.13. The summed E-state index contributed by atoms with van der Waals surface area (Å²) in [5.41, 5.74) is -1.01. The highest BCUT2D eigenvalue weighted by Gasteiger charge is 2.45. The SMILES string of the molecule is CC(C)(C)OC(=O)NCC(CC1CC1)(C(=O)O)c1ccccc1. The monoisotopic (exact) mass is 319 g/mol. The number of hydrogen-bond acceptors (Lipinski definition) is 3. The van der Waals surface area contributed by atoms with Gasteiger partial charge in [-0.1, -0.05) is 43.2 Å². The number of carboxylic acid groups (broad SMARTS) is 1. The first kappa shape index (κ1) is 17.3. The zero-order chi connectivity index (χ0) is 17.1. The number of amides is 1. The fourth-order valence-corrected chi connectivity index (χ4v) is 2.69. The van der Waals surface area contributed by atoms with Crippen LogP contribution in [0.15, 0.2) is 30.3 Å². The van der Waals surface area contributed by atoms with Crippen molar-refractivity contribution in [2.45, 2.75) is 51.0 Å². The number of carbonyl (C=O) groups is 2. The zero-order valence-electron chi connectivity index (χ0n) is 14.0. The average molecular weight is 319 g/mol. The molecule has 0 saturated heterocycles. The third-order valence-electron chi connectivity index (χ3n) is 4.00. The summed E-state index contributed by atoms with van der Waals surface area (Å²) >= 11 is 0. The second-order valence-electron chi connectivity index (χ2n) is 7.26. The molecule has 5 nitrogen and oxygen atoms in total. The number of hydrogen-bond donors (Lipinski definition) is 2. The van der Waals surface area contributed by atoms with E-state index in [9.17, 15) is 14.7 Å². The number of alkyl carbamates (subject to hydrolysis) is 1. The van der Waals surface area contributed by atoms with Gasteiger partial charge in [-0.2, -0.15) is 0 Å². The van der Waals surface area contributed by atoms with Crippen LogP contribution < -0.4 is 5.32 Å². The maximum Gasteiger partial charge on any atom is 0.407 e. The molecule has 1 atom stereocenters. The third kappa shape index (κ3) is 4.71. The van der Waals surface area contributed by atoms with Gasteiger partial charge in [-0.05, 0) is 38.7 Å². The van der Waals surface area contributed by atoms with Crippen LogP contribution >= 0.6 is 0 Å². The molecule has 1 aromatic rings. The van der Waals surface area contributed by atoms with Crippen LogP contribution in [0.3, 0.4) is 0 Å². The second-order valence-corrected chi connectivity index (χ2v) is 7.26. The number of rotatable bonds is 6. The van der Waals surface area contributed by atoms with E-state index in [1.54, 1.807) is 20.8 Å². The van der Waals surface area contributed by atoms with Crippen LogP contribution in [0.1, 0.15) is 45.6 Å². The minimum atomic E-state index is -1.11. The van der Waals surface area contributed by atoms with Crippen molar-refractivity contribution in [1.29, 1.82) is 0 Å². The Kier molecular flexibility index (Phi) is 4.97. The van der Waals surface area contributed by atoms with Gasteiger partial charge in [-0.25, -0.2) is 4.79 Å². The molecule has 0 aliphatic heterocycles. The van der Waals surface area contributed by atoms with Crippen LogP contribution in [-0.4, -0.2) is 29.3 Å². The summed E-state index contributed by atoms with van der Waals surface area (Å²) in [5.74, 6) is -0.501. The maximum absolute atomic E-state index is 12.1. The van der Waals surface area contributed by atoms with E-state index in [1.165, 1.54) is 0 Å². The number of aliphatic carboxylic acids is 1. The van der Waals surface area contributed by atoms with E-state index in [-0.39, 0.29) is 6.54 Å². The van der Waals surface area contributed by atoms with Crippen molar-refractivity contribution in [2.24, 2.45) is 5.92 Å². The Bertz CT molecular complexity index is 560. The average Bonchev–Trinajstić information content (AvgIpc) is 3.26. The Morgan fingerprint density at radius 3 is 2.30 bits per heavy atom. The molecule has 1 fully saturated rings. The van der Waals surface area contributed by atoms with Gasteiger partial charge >= 0.3 is 12.1 Å². The maximum atomic E-state index is 12.1. The Hall–Kier alpha value is -2.04. The van der Waals surface area contributed by atoms with E-state index < -0.39 is 23.1 Å². The molecule has 126 valence electrons. The molecule has 2 rings (SSSR count). The minimum Gasteiger partial charge on any atom is -0.481 e. The molecule has 1 saturated carbocycles. The summed E-state index contributed by atoms with van der Waals surface area (Å²) in [7, 11) is 0. The van der Waals surface area contributed by atoms with E-state index in [0.29, 0.717) is 12.3 Å². The summed E-state index contributed by atoms with van der Waals surface area (Å²) in [6.07, 6.45) is 2.04. The fourth-order valence-electron chi connectivity index (χ4n) is 2.69. The van der Waals surface area contributed by atoms with Crippen molar-refractivity contribution in [3.8, 4) is 0 Å². The first-order valence-electron chi connectivity index (χ1n) is 7.99. The minimum absolute atomic E-state index is 0.0256. The van der Waals surface area contributed by atoms with Crippen LogP contribution in [0.25, 0.3) is 0 Å². The Labute approximate surface area is 137 Å². The highest BCUT2D eigenvalue weighted by Crippen LogP contribution is 2.42. The standard InChI is InChI=1S/C18H25NO4/c1-17(2,3)23-16(22)19-12-18(15(20)21,11-13-9-10-13)14-7-5-4-6-8-14/h4-8,13H,9-12H2,1-3H3,(H,19,22)(H,20,21). The van der Waals surface area contributed by atoms with E-state index in [1.807, 2.05) is 30.3 Å². The van der Waals surface area contributed by atoms with Gasteiger partial charge in [0, 0.05) is 6.54 Å². The molecule has 5 heteroatoms. The lowest BCUT2D eigenvalue weighted by Crippen LogP contribution is -2.48. The van der Waals surface area contributed by atoms with Gasteiger partial charge in [0.1, 0.15) is 11.0 Å². The smallest absolute Gasteiger partial charge is 0.407 e. The van der Waals surface area contributed by atoms with Crippen LogP contribution in [0.2, 0.25) is 0 Å². The highest BCUT2D eigenvalue weighted by atomic mass is 16.6. The largest absolute Gasteiger partial charge is 0.481 e. The quantitative estimate of drug-likeness (QED) is 0.843. The molecule has 0 heterocycles. The fraction of sp³-hybridized carbons (Fsp3) is 0.556. The van der Waals surface area contributed by atoms with Crippen molar-refractivity contribution in [2.75, 3.05) is 6.54 Å². The molecule has 1 aromatic carbocycles. The normalized spacial score (nSPS) is 17.2. The van der Waals surface area contributed by atoms with E-state index in [0.717, 1.165) is 18.4 Å². The summed E-state index contributed by atoms with van der Waals surface area (Å²) in [4.78, 5) is 24.0. The Morgan fingerprint density at radius 2 is 1.83 bits per heavy atom. The van der Waals surface area contributed by atoms with Crippen molar-refractivity contribution >= 4 is 12.1 Å². The summed E-state index contributed by atoms with van der Waals surface area (Å²) in [5, 5.41) is 12.6. The molecule has 1 amide bonds. The van der Waals surface area contributed by atoms with E-state index >= 15 is 0 Å². The first-order chi connectivity index (χ1) is 10.7. The van der Waals surface area contributed by atoms with Crippen molar-refractivity contribution in [3.05, 3.63) is 35.9 Å². The molecular formula is C18H25NO4. The first-order valence-corrected chi connectivity index (χ1v) is 7.99. The van der Waals surface area contributed by atoms with Crippen molar-refractivity contribution < 1.29 is 19.4 Å². The van der Waals surface area contributed by atoms with Crippen LogP contribution in [0.5, 0.6) is 0 Å². The molecule has 0 radical (unpaired) electrons. The van der Waals surface area contributed by atoms with Gasteiger partial charge in [0.05, 0.1) is 0 Å². The number of ether oxygens (including phenoxy) is 1. The molecule has 23 heavy (non-hydrogen) atoms. The molecule has 2 N–H and O–H groups in total. The van der Waals surface area contributed by atoms with E-state index in [4.69, 9.17) is 4.74 Å². The lowest BCUT2D eigenvalue weighted by molar-refractivity contribution is -0.144. The van der Waals surface area contributed by atoms with E-state index in [2.05, 4.69) is 5.32 Å². The molecule has 0 spiro atoms. The van der Waals surface area contributed by atoms with Gasteiger partial charge < -0.3 is 15.2 Å². The lowest BCUT2D eigenvalue weighted by atomic mass is 9.76. The third-order valence-corrected chi connectivity index (χ3v) is 4.00. The zero-order valence-corrected chi connectivity index (χ0v) is 14.0. The van der Waals surface area contributed by atoms with Gasteiger partial charge in [-0.15, -0.1) is 0 Å². The van der Waals surface area contributed by atoms with Crippen LogP contribution in [0, 0.1) is 5.92 Å². The highest BCUT2D eigenvalue weighted by molar-refractivity contribution is 5.83. The molecule has 0 bridgehead atoms.